The Bertz CT molecular complexity index is 394. The van der Waals surface area contributed by atoms with E-state index in [9.17, 15) is 5.11 Å². The van der Waals surface area contributed by atoms with E-state index in [2.05, 4.69) is 46.9 Å². The van der Waals surface area contributed by atoms with Crippen molar-refractivity contribution in [2.75, 3.05) is 7.05 Å². The van der Waals surface area contributed by atoms with E-state index in [0.29, 0.717) is 0 Å². The Morgan fingerprint density at radius 2 is 0.826 bits per heavy atom. The molecule has 23 heavy (non-hydrogen) atoms. The third kappa shape index (κ3) is 6.65. The fourth-order valence-electron chi connectivity index (χ4n) is 1.96. The predicted molar refractivity (Wildman–Crippen MR) is 101 cm³/mol. The third-order valence-electron chi connectivity index (χ3n) is 5.43. The quantitative estimate of drug-likeness (QED) is 0.507. The molecule has 0 atom stereocenters. The minimum absolute atomic E-state index is 0. The summed E-state index contributed by atoms with van der Waals surface area (Å²) in [5.74, 6) is 0. The smallest absolute Gasteiger partial charge is 0.658 e. The second-order valence-corrected chi connectivity index (χ2v) is 7.09. The molecule has 1 aromatic rings. The van der Waals surface area contributed by atoms with E-state index in [0.717, 1.165) is 0 Å². The van der Waals surface area contributed by atoms with E-state index in [1.165, 1.54) is 33.4 Å². The number of hydrogen-bond acceptors (Lipinski definition) is 1. The van der Waals surface area contributed by atoms with Gasteiger partial charge in [0.15, 0.2) is 0 Å². The van der Waals surface area contributed by atoms with E-state index in [-0.39, 0.29) is 32.4 Å². The Kier molecular flexibility index (Phi) is 11.9. The second kappa shape index (κ2) is 9.91. The van der Waals surface area contributed by atoms with Crippen LogP contribution < -0.4 is 0 Å². The minimum Gasteiger partial charge on any atom is -0.658 e. The molecule has 0 bridgehead atoms. The van der Waals surface area contributed by atoms with Crippen LogP contribution in [0.25, 0.3) is 5.32 Å². The monoisotopic (exact) mass is 409 g/mol. The van der Waals surface area contributed by atoms with Crippen LogP contribution in [0.2, 0.25) is 0 Å². The molecule has 0 aliphatic rings. The molecule has 0 amide bonds. The molecule has 0 aliphatic heterocycles. The van der Waals surface area contributed by atoms with Crippen molar-refractivity contribution in [3.05, 3.63) is 46.1 Å². The molecule has 0 saturated carbocycles. The van der Waals surface area contributed by atoms with Gasteiger partial charge in [-0.25, -0.2) is 0 Å². The van der Waals surface area contributed by atoms with E-state index in [1.54, 1.807) is 20.9 Å². The number of aliphatic hydroxyl groups is 1. The van der Waals surface area contributed by atoms with Crippen LogP contribution in [0.1, 0.15) is 61.1 Å². The molecule has 0 saturated heterocycles. The Labute approximate surface area is 158 Å². The van der Waals surface area contributed by atoms with Gasteiger partial charge < -0.3 is 17.8 Å². The first-order valence-corrected chi connectivity index (χ1v) is 7.64. The zero-order chi connectivity index (χ0) is 17.2. The van der Waals surface area contributed by atoms with Crippen molar-refractivity contribution in [2.24, 2.45) is 0 Å². The maximum Gasteiger partial charge on any atom is 2.00 e. The van der Waals surface area contributed by atoms with Gasteiger partial charge in [-0.2, -0.15) is 7.05 Å². The molecule has 0 fully saturated rings. The summed E-state index contributed by atoms with van der Waals surface area (Å²) in [6.45, 7) is 20.6. The van der Waals surface area contributed by atoms with Gasteiger partial charge in [-0.3, -0.25) is 0 Å². The van der Waals surface area contributed by atoms with Crippen LogP contribution in [-0.4, -0.2) is 23.3 Å². The van der Waals surface area contributed by atoms with Crippen molar-refractivity contribution in [3.63, 3.8) is 0 Å². The van der Waals surface area contributed by atoms with E-state index in [4.69, 9.17) is 0 Å². The molecule has 1 rings (SSSR count). The molecule has 0 aliphatic carbocycles. The van der Waals surface area contributed by atoms with Gasteiger partial charge in [0.25, 0.3) is 0 Å². The summed E-state index contributed by atoms with van der Waals surface area (Å²) < 4.78 is 0. The summed E-state index contributed by atoms with van der Waals surface area (Å²) in [5, 5.41) is 13.5. The van der Waals surface area contributed by atoms with Crippen molar-refractivity contribution >= 4 is 0 Å². The van der Waals surface area contributed by atoms with Crippen LogP contribution in [0.15, 0.2) is 0 Å². The molecule has 0 heterocycles. The normalized spacial score (nSPS) is 11.0. The van der Waals surface area contributed by atoms with Crippen molar-refractivity contribution in [2.45, 2.75) is 80.4 Å². The third-order valence-corrected chi connectivity index (χ3v) is 5.43. The van der Waals surface area contributed by atoms with Crippen molar-refractivity contribution in [3.8, 4) is 0 Å². The summed E-state index contributed by atoms with van der Waals surface area (Å²) in [5.41, 5.74) is 7.66. The van der Waals surface area contributed by atoms with Crippen LogP contribution in [0.5, 0.6) is 0 Å². The van der Waals surface area contributed by atoms with Crippen LogP contribution >= 0.6 is 0 Å². The fraction of sp³-hybridized carbons (Fsp3) is 0.650. The van der Waals surface area contributed by atoms with Crippen LogP contribution in [0.3, 0.4) is 0 Å². The molecule has 1 aromatic carbocycles. The minimum atomic E-state index is -0.720. The maximum atomic E-state index is 9.45. The van der Waals surface area contributed by atoms with E-state index in [1.807, 2.05) is 13.8 Å². The van der Waals surface area contributed by atoms with Crippen molar-refractivity contribution < 1.29 is 24.6 Å². The Morgan fingerprint density at radius 3 is 0.870 bits per heavy atom. The Balaban J connectivity index is -0.000000332. The van der Waals surface area contributed by atoms with Gasteiger partial charge in [0.2, 0.25) is 0 Å². The van der Waals surface area contributed by atoms with Gasteiger partial charge in [0.05, 0.1) is 0 Å². The Morgan fingerprint density at radius 1 is 0.652 bits per heavy atom. The number of rotatable bonds is 2. The van der Waals surface area contributed by atoms with Gasteiger partial charge in [-0.15, -0.1) is 5.54 Å². The summed E-state index contributed by atoms with van der Waals surface area (Å²) in [7, 11) is 1.72. The standard InChI is InChI=1S/C12H18.C7H16NO.CH3.Ru/c1-7-8(2)10(4)12(6)11(5)9(7)3;1-6(2,8-5)7(3,4)9;;/h1-6H3;9H,1-5H3;1H3;/q;2*-1;+2. The number of benzene rings is 1. The molecule has 0 radical (unpaired) electrons. The summed E-state index contributed by atoms with van der Waals surface area (Å²) in [6, 6.07) is 0. The summed E-state index contributed by atoms with van der Waals surface area (Å²) >= 11 is 0. The predicted octanol–water partition coefficient (Wildman–Crippen LogP) is 5.52. The first-order chi connectivity index (χ1) is 9.27. The Hall–Kier alpha value is -0.237. The molecular formula is C20H37NORu. The zero-order valence-electron chi connectivity index (χ0n) is 17.2. The van der Waals surface area contributed by atoms with Crippen LogP contribution in [-0.2, 0) is 19.5 Å². The number of hydrogen-bond donors (Lipinski definition) is 1. The topological polar surface area (TPSA) is 34.3 Å². The van der Waals surface area contributed by atoms with Crippen molar-refractivity contribution in [1.82, 2.24) is 0 Å². The SMILES string of the molecule is C[N-]C(C)(C)C(C)(C)O.Cc1c(C)c(C)c(C)c(C)c1C.[CH3-].[Ru+2]. The first kappa shape index (κ1) is 27.6. The van der Waals surface area contributed by atoms with Crippen LogP contribution in [0.4, 0.5) is 0 Å². The molecule has 1 N–H and O–H groups in total. The van der Waals surface area contributed by atoms with E-state index >= 15 is 0 Å². The second-order valence-electron chi connectivity index (χ2n) is 7.09. The van der Waals surface area contributed by atoms with Gasteiger partial charge >= 0.3 is 19.5 Å². The average Bonchev–Trinajstić information content (AvgIpc) is 2.40. The molecular weight excluding hydrogens is 371 g/mol. The maximum absolute atomic E-state index is 9.45. The first-order valence-electron chi connectivity index (χ1n) is 7.64. The fourth-order valence-corrected chi connectivity index (χ4v) is 1.96. The zero-order valence-corrected chi connectivity index (χ0v) is 19.0. The van der Waals surface area contributed by atoms with Gasteiger partial charge in [-0.05, 0) is 88.8 Å². The summed E-state index contributed by atoms with van der Waals surface area (Å²) in [6.07, 6.45) is 0. The van der Waals surface area contributed by atoms with E-state index < -0.39 is 5.60 Å². The van der Waals surface area contributed by atoms with Crippen LogP contribution in [0, 0.1) is 49.0 Å². The molecule has 0 unspecified atom stereocenters. The number of nitrogens with zero attached hydrogens (tertiary/aromatic N) is 1. The average molecular weight is 409 g/mol. The van der Waals surface area contributed by atoms with Gasteiger partial charge in [-0.1, -0.05) is 13.8 Å². The molecule has 3 heteroatoms. The van der Waals surface area contributed by atoms with Gasteiger partial charge in [0.1, 0.15) is 0 Å². The number of likely N-dealkylation sites (N-methyl/N-ethyl adjacent to an activating group) is 1. The molecule has 0 spiro atoms. The molecule has 0 aromatic heterocycles. The summed E-state index contributed by atoms with van der Waals surface area (Å²) in [4.78, 5) is 0. The van der Waals surface area contributed by atoms with Crippen molar-refractivity contribution in [1.29, 1.82) is 0 Å². The largest absolute Gasteiger partial charge is 2.00 e. The molecule has 136 valence electrons. The molecule has 2 nitrogen and oxygen atoms in total. The van der Waals surface area contributed by atoms with Gasteiger partial charge in [0, 0.05) is 5.60 Å².